The Labute approximate surface area is 115 Å². The van der Waals surface area contributed by atoms with Gasteiger partial charge < -0.3 is 5.32 Å². The topological polar surface area (TPSA) is 92.5 Å². The van der Waals surface area contributed by atoms with Gasteiger partial charge in [-0.3, -0.25) is 10.1 Å². The maximum Gasteiger partial charge on any atom is 0.292 e. The standard InChI is InChI=1S/C11H14FN3O4S/c1-8-7-14(6-5-13-8)20(18,19)11-9(12)3-2-4-10(11)15(16)17/h2-4,8,13H,5-7H2,1H3/t8-/m0/s1. The summed E-state index contributed by atoms with van der Waals surface area (Å²) >= 11 is 0. The first kappa shape index (κ1) is 14.8. The third-order valence-electron chi connectivity index (χ3n) is 3.07. The maximum absolute atomic E-state index is 13.8. The molecule has 0 amide bonds. The average Bonchev–Trinajstić information content (AvgIpc) is 2.38. The lowest BCUT2D eigenvalue weighted by Crippen LogP contribution is -2.51. The van der Waals surface area contributed by atoms with E-state index in [9.17, 15) is 22.9 Å². The van der Waals surface area contributed by atoms with Crippen LogP contribution in [0.25, 0.3) is 0 Å². The molecule has 1 aliphatic heterocycles. The van der Waals surface area contributed by atoms with Gasteiger partial charge in [-0.2, -0.15) is 4.31 Å². The van der Waals surface area contributed by atoms with E-state index in [-0.39, 0.29) is 19.1 Å². The third-order valence-corrected chi connectivity index (χ3v) is 5.00. The van der Waals surface area contributed by atoms with E-state index in [4.69, 9.17) is 0 Å². The van der Waals surface area contributed by atoms with E-state index >= 15 is 0 Å². The minimum atomic E-state index is -4.22. The molecule has 1 atom stereocenters. The fourth-order valence-electron chi connectivity index (χ4n) is 2.14. The van der Waals surface area contributed by atoms with Gasteiger partial charge in [-0.15, -0.1) is 0 Å². The molecular weight excluding hydrogens is 289 g/mol. The lowest BCUT2D eigenvalue weighted by molar-refractivity contribution is -0.388. The zero-order chi connectivity index (χ0) is 14.9. The third kappa shape index (κ3) is 2.65. The second kappa shape index (κ2) is 5.43. The summed E-state index contributed by atoms with van der Waals surface area (Å²) in [5.74, 6) is -1.11. The van der Waals surface area contributed by atoms with Crippen molar-refractivity contribution in [2.45, 2.75) is 17.9 Å². The molecule has 0 bridgehead atoms. The maximum atomic E-state index is 13.8. The van der Waals surface area contributed by atoms with E-state index in [2.05, 4.69) is 5.32 Å². The number of nitro benzene ring substituents is 1. The van der Waals surface area contributed by atoms with Crippen LogP contribution in [-0.2, 0) is 10.0 Å². The summed E-state index contributed by atoms with van der Waals surface area (Å²) in [6.07, 6.45) is 0. The van der Waals surface area contributed by atoms with Crippen LogP contribution in [0.15, 0.2) is 23.1 Å². The van der Waals surface area contributed by atoms with Crippen molar-refractivity contribution < 1.29 is 17.7 Å². The number of nitro groups is 1. The fraction of sp³-hybridized carbons (Fsp3) is 0.455. The molecule has 0 aliphatic carbocycles. The number of piperazine rings is 1. The van der Waals surface area contributed by atoms with Gasteiger partial charge in [0.2, 0.25) is 0 Å². The summed E-state index contributed by atoms with van der Waals surface area (Å²) in [5.41, 5.74) is -0.740. The molecule has 0 radical (unpaired) electrons. The Morgan fingerprint density at radius 2 is 2.20 bits per heavy atom. The Balaban J connectivity index is 2.52. The van der Waals surface area contributed by atoms with E-state index in [1.54, 1.807) is 6.92 Å². The van der Waals surface area contributed by atoms with E-state index in [0.29, 0.717) is 6.54 Å². The molecule has 9 heteroatoms. The summed E-state index contributed by atoms with van der Waals surface area (Å²) in [4.78, 5) is 9.16. The molecule has 7 nitrogen and oxygen atoms in total. The van der Waals surface area contributed by atoms with Crippen molar-refractivity contribution in [2.24, 2.45) is 0 Å². The van der Waals surface area contributed by atoms with Crippen LogP contribution in [0.4, 0.5) is 10.1 Å². The number of halogens is 1. The Morgan fingerprint density at radius 3 is 2.80 bits per heavy atom. The summed E-state index contributed by atoms with van der Waals surface area (Å²) in [5, 5.41) is 14.0. The smallest absolute Gasteiger partial charge is 0.292 e. The van der Waals surface area contributed by atoms with Gasteiger partial charge in [0, 0.05) is 31.7 Å². The van der Waals surface area contributed by atoms with Crippen LogP contribution >= 0.6 is 0 Å². The summed E-state index contributed by atoms with van der Waals surface area (Å²) < 4.78 is 39.8. The Kier molecular flexibility index (Phi) is 4.02. The zero-order valence-corrected chi connectivity index (χ0v) is 11.6. The van der Waals surface area contributed by atoms with Crippen molar-refractivity contribution >= 4 is 15.7 Å². The number of sulfonamides is 1. The Bertz CT molecular complexity index is 635. The van der Waals surface area contributed by atoms with E-state index in [0.717, 1.165) is 22.5 Å². The molecule has 0 aromatic heterocycles. The van der Waals surface area contributed by atoms with E-state index in [1.807, 2.05) is 0 Å². The van der Waals surface area contributed by atoms with Crippen molar-refractivity contribution in [2.75, 3.05) is 19.6 Å². The molecule has 110 valence electrons. The van der Waals surface area contributed by atoms with Crippen LogP contribution in [0.2, 0.25) is 0 Å². The highest BCUT2D eigenvalue weighted by molar-refractivity contribution is 7.89. The van der Waals surface area contributed by atoms with Gasteiger partial charge in [-0.1, -0.05) is 6.07 Å². The predicted molar refractivity (Wildman–Crippen MR) is 69.3 cm³/mol. The quantitative estimate of drug-likeness (QED) is 0.656. The number of benzene rings is 1. The van der Waals surface area contributed by atoms with Gasteiger partial charge in [-0.25, -0.2) is 12.8 Å². The number of hydrogen-bond donors (Lipinski definition) is 1. The van der Waals surface area contributed by atoms with Gasteiger partial charge in [-0.05, 0) is 13.0 Å². The molecule has 0 unspecified atom stereocenters. The van der Waals surface area contributed by atoms with Gasteiger partial charge in [0.1, 0.15) is 5.82 Å². The predicted octanol–water partition coefficient (Wildman–Crippen LogP) is 0.716. The minimum Gasteiger partial charge on any atom is -0.312 e. The van der Waals surface area contributed by atoms with Crippen LogP contribution in [-0.4, -0.2) is 43.3 Å². The largest absolute Gasteiger partial charge is 0.312 e. The number of nitrogens with one attached hydrogen (secondary N) is 1. The zero-order valence-electron chi connectivity index (χ0n) is 10.7. The fourth-order valence-corrected chi connectivity index (χ4v) is 3.87. The molecule has 1 aliphatic rings. The molecule has 1 heterocycles. The monoisotopic (exact) mass is 303 g/mol. The molecule has 2 rings (SSSR count). The molecule has 20 heavy (non-hydrogen) atoms. The summed E-state index contributed by atoms with van der Waals surface area (Å²) in [6.45, 7) is 2.51. The van der Waals surface area contributed by atoms with Crippen LogP contribution in [0.5, 0.6) is 0 Å². The van der Waals surface area contributed by atoms with Gasteiger partial charge in [0.15, 0.2) is 4.90 Å². The number of hydrogen-bond acceptors (Lipinski definition) is 5. The highest BCUT2D eigenvalue weighted by Crippen LogP contribution is 2.29. The van der Waals surface area contributed by atoms with E-state index < -0.39 is 31.3 Å². The average molecular weight is 303 g/mol. The molecule has 1 saturated heterocycles. The molecular formula is C11H14FN3O4S. The van der Waals surface area contributed by atoms with Crippen molar-refractivity contribution in [1.82, 2.24) is 9.62 Å². The number of rotatable bonds is 3. The molecule has 1 fully saturated rings. The Hall–Kier alpha value is -1.58. The summed E-state index contributed by atoms with van der Waals surface area (Å²) in [7, 11) is -4.22. The van der Waals surface area contributed by atoms with Gasteiger partial charge in [0.25, 0.3) is 15.7 Å². The SMILES string of the molecule is C[C@H]1CN(S(=O)(=O)c2c(F)cccc2[N+](=O)[O-])CCN1. The highest BCUT2D eigenvalue weighted by atomic mass is 32.2. The van der Waals surface area contributed by atoms with Crippen LogP contribution in [0.1, 0.15) is 6.92 Å². The molecule has 0 spiro atoms. The molecule has 1 aromatic carbocycles. The van der Waals surface area contributed by atoms with Crippen LogP contribution in [0, 0.1) is 15.9 Å². The Morgan fingerprint density at radius 1 is 1.50 bits per heavy atom. The van der Waals surface area contributed by atoms with Crippen molar-refractivity contribution in [3.63, 3.8) is 0 Å². The van der Waals surface area contributed by atoms with Gasteiger partial charge in [0.05, 0.1) is 4.92 Å². The van der Waals surface area contributed by atoms with Crippen LogP contribution < -0.4 is 5.32 Å². The normalized spacial score (nSPS) is 20.8. The number of nitrogens with zero attached hydrogens (tertiary/aromatic N) is 2. The first-order chi connectivity index (χ1) is 9.34. The molecule has 1 aromatic rings. The first-order valence-corrected chi connectivity index (χ1v) is 7.44. The molecule has 0 saturated carbocycles. The van der Waals surface area contributed by atoms with E-state index in [1.165, 1.54) is 0 Å². The highest BCUT2D eigenvalue weighted by Gasteiger charge is 2.36. The summed E-state index contributed by atoms with van der Waals surface area (Å²) in [6, 6.07) is 2.92. The van der Waals surface area contributed by atoms with Crippen molar-refractivity contribution in [1.29, 1.82) is 0 Å². The van der Waals surface area contributed by atoms with Crippen molar-refractivity contribution in [3.8, 4) is 0 Å². The van der Waals surface area contributed by atoms with Crippen LogP contribution in [0.3, 0.4) is 0 Å². The van der Waals surface area contributed by atoms with Gasteiger partial charge >= 0.3 is 0 Å². The lowest BCUT2D eigenvalue weighted by Gasteiger charge is -2.30. The van der Waals surface area contributed by atoms with Crippen molar-refractivity contribution in [3.05, 3.63) is 34.1 Å². The minimum absolute atomic E-state index is 0.0932. The molecule has 1 N–H and O–H groups in total. The first-order valence-electron chi connectivity index (χ1n) is 6.00. The lowest BCUT2D eigenvalue weighted by atomic mass is 10.3. The second-order valence-corrected chi connectivity index (χ2v) is 6.44. The second-order valence-electron chi connectivity index (χ2n) is 4.56.